The summed E-state index contributed by atoms with van der Waals surface area (Å²) in [5.74, 6) is -1.54. The number of rotatable bonds is 4. The molecule has 0 radical (unpaired) electrons. The van der Waals surface area contributed by atoms with Gasteiger partial charge in [-0.25, -0.2) is 18.7 Å². The molecule has 0 saturated heterocycles. The molecule has 0 spiro atoms. The van der Waals surface area contributed by atoms with Gasteiger partial charge in [0.2, 0.25) is 0 Å². The number of hydrogen-bond acceptors (Lipinski definition) is 5. The van der Waals surface area contributed by atoms with E-state index in [1.165, 1.54) is 6.07 Å². The van der Waals surface area contributed by atoms with Crippen LogP contribution in [0.1, 0.15) is 48.2 Å². The summed E-state index contributed by atoms with van der Waals surface area (Å²) in [5.41, 5.74) is 2.35. The lowest BCUT2D eigenvalue weighted by Crippen LogP contribution is -2.51. The van der Waals surface area contributed by atoms with Crippen LogP contribution in [0.5, 0.6) is 0 Å². The molecule has 3 aromatic rings. The van der Waals surface area contributed by atoms with Crippen molar-refractivity contribution in [1.82, 2.24) is 9.97 Å². The van der Waals surface area contributed by atoms with Crippen molar-refractivity contribution < 1.29 is 18.7 Å². The highest BCUT2D eigenvalue weighted by Crippen LogP contribution is 2.47. The Hall–Kier alpha value is -3.86. The van der Waals surface area contributed by atoms with Crippen molar-refractivity contribution in [1.29, 1.82) is 5.26 Å². The Kier molecular flexibility index (Phi) is 5.03. The van der Waals surface area contributed by atoms with Gasteiger partial charge in [-0.15, -0.1) is 0 Å². The number of anilines is 1. The van der Waals surface area contributed by atoms with Gasteiger partial charge in [0, 0.05) is 23.1 Å². The Morgan fingerprint density at radius 2 is 1.86 bits per heavy atom. The first-order valence-electron chi connectivity index (χ1n) is 11.8. The normalized spacial score (nSPS) is 24.7. The van der Waals surface area contributed by atoms with E-state index in [2.05, 4.69) is 16.4 Å². The van der Waals surface area contributed by atoms with Crippen LogP contribution in [0.2, 0.25) is 0 Å². The molecule has 3 saturated carbocycles. The minimum absolute atomic E-state index is 0.118. The standard InChI is InChI=1S/C27H22F2N4O2/c28-16-10-19-17(21(29)11-16)6-7-18(19)25-31-22-8-1-13(12-30)9-20(22)26(33-25)32-24-15-4-2-14(3-5-15)23(24)27(34)35/h1,7-11,14-15,23-24H,2-6H2,(H,34,35)(H,31,32,33). The molecule has 7 rings (SSSR count). The molecular weight excluding hydrogens is 450 g/mol. The van der Waals surface area contributed by atoms with Gasteiger partial charge in [-0.05, 0) is 79.3 Å². The molecule has 176 valence electrons. The van der Waals surface area contributed by atoms with Crippen LogP contribution in [-0.2, 0) is 11.2 Å². The van der Waals surface area contributed by atoms with Gasteiger partial charge in [0.15, 0.2) is 5.82 Å². The van der Waals surface area contributed by atoms with Crippen LogP contribution in [0, 0.1) is 40.7 Å². The second-order valence-electron chi connectivity index (χ2n) is 9.68. The zero-order valence-electron chi connectivity index (χ0n) is 18.8. The molecule has 4 aliphatic rings. The molecule has 0 amide bonds. The molecule has 6 nitrogen and oxygen atoms in total. The lowest BCUT2D eigenvalue weighted by molar-refractivity contribution is -0.148. The van der Waals surface area contributed by atoms with E-state index in [1.54, 1.807) is 24.3 Å². The molecule has 3 fully saturated rings. The predicted octanol–water partition coefficient (Wildman–Crippen LogP) is 5.07. The summed E-state index contributed by atoms with van der Waals surface area (Å²) in [6, 6.07) is 9.05. The molecule has 0 aliphatic heterocycles. The van der Waals surface area contributed by atoms with Crippen LogP contribution in [0.4, 0.5) is 14.6 Å². The van der Waals surface area contributed by atoms with E-state index in [4.69, 9.17) is 4.98 Å². The summed E-state index contributed by atoms with van der Waals surface area (Å²) < 4.78 is 28.4. The average molecular weight is 472 g/mol. The van der Waals surface area contributed by atoms with Gasteiger partial charge in [-0.1, -0.05) is 6.08 Å². The molecular formula is C27H22F2N4O2. The zero-order valence-corrected chi connectivity index (χ0v) is 18.8. The van der Waals surface area contributed by atoms with Crippen molar-refractivity contribution in [2.75, 3.05) is 5.32 Å². The molecule has 4 aliphatic carbocycles. The Bertz CT molecular complexity index is 1450. The van der Waals surface area contributed by atoms with Gasteiger partial charge >= 0.3 is 5.97 Å². The number of hydrogen-bond donors (Lipinski definition) is 2. The number of nitrogens with one attached hydrogen (secondary N) is 1. The van der Waals surface area contributed by atoms with Crippen LogP contribution >= 0.6 is 0 Å². The molecule has 2 aromatic carbocycles. The fourth-order valence-corrected chi connectivity index (χ4v) is 6.18. The highest BCUT2D eigenvalue weighted by atomic mass is 19.1. The Balaban J connectivity index is 1.48. The Labute approximate surface area is 200 Å². The minimum atomic E-state index is -0.813. The maximum absolute atomic E-state index is 14.4. The molecule has 2 atom stereocenters. The second-order valence-corrected chi connectivity index (χ2v) is 9.68. The molecule has 2 N–H and O–H groups in total. The topological polar surface area (TPSA) is 98.9 Å². The third-order valence-corrected chi connectivity index (χ3v) is 7.83. The number of aromatic nitrogens is 2. The summed E-state index contributed by atoms with van der Waals surface area (Å²) >= 11 is 0. The first-order valence-corrected chi connectivity index (χ1v) is 11.8. The number of nitrogens with zero attached hydrogens (tertiary/aromatic N) is 3. The van der Waals surface area contributed by atoms with Crippen molar-refractivity contribution in [2.45, 2.75) is 38.1 Å². The van der Waals surface area contributed by atoms with Crippen molar-refractivity contribution in [2.24, 2.45) is 17.8 Å². The highest BCUT2D eigenvalue weighted by molar-refractivity contribution is 5.93. The van der Waals surface area contributed by atoms with E-state index in [9.17, 15) is 23.9 Å². The van der Waals surface area contributed by atoms with Gasteiger partial charge in [0.25, 0.3) is 0 Å². The molecule has 2 unspecified atom stereocenters. The number of aliphatic carboxylic acids is 1. The monoisotopic (exact) mass is 472 g/mol. The van der Waals surface area contributed by atoms with E-state index < -0.39 is 23.5 Å². The SMILES string of the molecule is N#Cc1ccc2nc(C3=CCc4c(F)cc(F)cc43)nc(NC3C4CCC(CC4)C3C(=O)O)c2c1. The average Bonchev–Trinajstić information content (AvgIpc) is 3.28. The Morgan fingerprint density at radius 1 is 1.09 bits per heavy atom. The first kappa shape index (κ1) is 21.7. The van der Waals surface area contributed by atoms with Crippen LogP contribution in [0.3, 0.4) is 0 Å². The molecule has 8 heteroatoms. The predicted molar refractivity (Wildman–Crippen MR) is 125 cm³/mol. The number of halogens is 2. The fraction of sp³-hybridized carbons (Fsp3) is 0.333. The number of carboxylic acids is 1. The summed E-state index contributed by atoms with van der Waals surface area (Å²) in [5, 5.41) is 23.5. The van der Waals surface area contributed by atoms with Gasteiger partial charge < -0.3 is 10.4 Å². The summed E-state index contributed by atoms with van der Waals surface area (Å²) in [4.78, 5) is 21.6. The second kappa shape index (κ2) is 8.12. The van der Waals surface area contributed by atoms with E-state index >= 15 is 0 Å². The lowest BCUT2D eigenvalue weighted by atomic mass is 9.61. The van der Waals surface area contributed by atoms with Gasteiger partial charge in [-0.3, -0.25) is 4.79 Å². The maximum atomic E-state index is 14.4. The summed E-state index contributed by atoms with van der Waals surface area (Å²) in [7, 11) is 0. The first-order chi connectivity index (χ1) is 16.9. The lowest BCUT2D eigenvalue weighted by Gasteiger charge is -2.47. The molecule has 35 heavy (non-hydrogen) atoms. The maximum Gasteiger partial charge on any atom is 0.308 e. The third kappa shape index (κ3) is 3.54. The van der Waals surface area contributed by atoms with E-state index in [0.29, 0.717) is 51.2 Å². The number of fused-ring (bicyclic) bond motifs is 5. The smallest absolute Gasteiger partial charge is 0.308 e. The van der Waals surface area contributed by atoms with Crippen molar-refractivity contribution in [3.05, 3.63) is 70.6 Å². The third-order valence-electron chi connectivity index (χ3n) is 7.83. The molecule has 1 heterocycles. The van der Waals surface area contributed by atoms with Crippen LogP contribution in [-0.4, -0.2) is 27.1 Å². The van der Waals surface area contributed by atoms with Crippen LogP contribution in [0.15, 0.2) is 36.4 Å². The number of benzene rings is 2. The quantitative estimate of drug-likeness (QED) is 0.550. The highest BCUT2D eigenvalue weighted by Gasteiger charge is 2.47. The van der Waals surface area contributed by atoms with E-state index in [1.807, 2.05) is 0 Å². The van der Waals surface area contributed by atoms with Crippen LogP contribution in [0.25, 0.3) is 16.5 Å². The molecule has 2 bridgehead atoms. The van der Waals surface area contributed by atoms with Crippen LogP contribution < -0.4 is 5.32 Å². The van der Waals surface area contributed by atoms with Crippen molar-refractivity contribution in [3.8, 4) is 6.07 Å². The Morgan fingerprint density at radius 3 is 2.60 bits per heavy atom. The zero-order chi connectivity index (χ0) is 24.3. The fourth-order valence-electron chi connectivity index (χ4n) is 6.18. The number of carbonyl (C=O) groups is 1. The summed E-state index contributed by atoms with van der Waals surface area (Å²) in [6.07, 6.45) is 5.83. The largest absolute Gasteiger partial charge is 0.481 e. The van der Waals surface area contributed by atoms with Crippen molar-refractivity contribution >= 4 is 28.3 Å². The number of carboxylic acid groups (broad SMARTS) is 1. The van der Waals surface area contributed by atoms with Crippen molar-refractivity contribution in [3.63, 3.8) is 0 Å². The van der Waals surface area contributed by atoms with Gasteiger partial charge in [0.05, 0.1) is 23.1 Å². The van der Waals surface area contributed by atoms with E-state index in [0.717, 1.165) is 31.7 Å². The van der Waals surface area contributed by atoms with Gasteiger partial charge in [-0.2, -0.15) is 5.26 Å². The summed E-state index contributed by atoms with van der Waals surface area (Å²) in [6.45, 7) is 0. The van der Waals surface area contributed by atoms with E-state index in [-0.39, 0.29) is 17.9 Å². The minimum Gasteiger partial charge on any atom is -0.481 e. The number of allylic oxidation sites excluding steroid dienone is 1. The molecule has 1 aromatic heterocycles. The number of nitriles is 1. The van der Waals surface area contributed by atoms with Gasteiger partial charge in [0.1, 0.15) is 17.5 Å².